The lowest BCUT2D eigenvalue weighted by Crippen LogP contribution is -2.23. The second-order valence-corrected chi connectivity index (χ2v) is 7.51. The number of carbonyl (C=O) groups excluding carboxylic acids is 2. The summed E-state index contributed by atoms with van der Waals surface area (Å²) in [6.07, 6.45) is 0.0345. The summed E-state index contributed by atoms with van der Waals surface area (Å²) in [6, 6.07) is 13.1. The first-order valence-electron chi connectivity index (χ1n) is 9.11. The highest BCUT2D eigenvalue weighted by Crippen LogP contribution is 2.32. The number of esters is 1. The van der Waals surface area contributed by atoms with Gasteiger partial charge in [0.2, 0.25) is 0 Å². The first-order chi connectivity index (χ1) is 12.8. The van der Waals surface area contributed by atoms with Crippen LogP contribution in [0.4, 0.5) is 5.69 Å². The van der Waals surface area contributed by atoms with E-state index in [2.05, 4.69) is 33.0 Å². The first-order valence-corrected chi connectivity index (χ1v) is 9.49. The third-order valence-corrected chi connectivity index (χ3v) is 4.66. The van der Waals surface area contributed by atoms with E-state index in [-0.39, 0.29) is 30.8 Å². The van der Waals surface area contributed by atoms with Gasteiger partial charge in [-0.15, -0.1) is 0 Å². The molecule has 0 saturated carbocycles. The van der Waals surface area contributed by atoms with E-state index < -0.39 is 5.97 Å². The van der Waals surface area contributed by atoms with Crippen LogP contribution < -0.4 is 5.32 Å². The predicted molar refractivity (Wildman–Crippen MR) is 109 cm³/mol. The summed E-state index contributed by atoms with van der Waals surface area (Å²) in [4.78, 5) is 24.4. The Labute approximate surface area is 165 Å². The molecule has 4 nitrogen and oxygen atoms in total. The molecular weight excluding hydrogens is 362 g/mol. The zero-order valence-electron chi connectivity index (χ0n) is 16.2. The molecule has 144 valence electrons. The molecule has 0 radical (unpaired) electrons. The predicted octanol–water partition coefficient (Wildman–Crippen LogP) is 5.31. The number of carbonyl (C=O) groups is 2. The lowest BCUT2D eigenvalue weighted by molar-refractivity contribution is -0.146. The third kappa shape index (κ3) is 5.83. The van der Waals surface area contributed by atoms with Crippen LogP contribution in [0.2, 0.25) is 5.02 Å². The molecule has 0 aromatic heterocycles. The molecule has 1 amide bonds. The van der Waals surface area contributed by atoms with Gasteiger partial charge in [-0.25, -0.2) is 0 Å². The van der Waals surface area contributed by atoms with E-state index in [1.165, 1.54) is 0 Å². The Hall–Kier alpha value is -2.33. The molecule has 0 fully saturated rings. The summed E-state index contributed by atoms with van der Waals surface area (Å²) in [5, 5.41) is 3.44. The monoisotopic (exact) mass is 387 g/mol. The Morgan fingerprint density at radius 1 is 0.963 bits per heavy atom. The standard InChI is InChI=1S/C22H26ClNO3/c1-14(2)17-9-7-10-18(15(3)4)22(17)24-20(25)13-27-21(26)12-16-8-5-6-11-19(16)23/h5-11,14-15H,12-13H2,1-4H3,(H,24,25). The van der Waals surface area contributed by atoms with Crippen molar-refractivity contribution in [1.82, 2.24) is 0 Å². The van der Waals surface area contributed by atoms with Crippen molar-refractivity contribution in [1.29, 1.82) is 0 Å². The normalized spacial score (nSPS) is 10.9. The average molecular weight is 388 g/mol. The fourth-order valence-corrected chi connectivity index (χ4v) is 3.07. The number of rotatable bonds is 7. The molecule has 0 spiro atoms. The number of ether oxygens (including phenoxy) is 1. The van der Waals surface area contributed by atoms with Crippen LogP contribution >= 0.6 is 11.6 Å². The smallest absolute Gasteiger partial charge is 0.310 e. The van der Waals surface area contributed by atoms with Crippen molar-refractivity contribution in [2.75, 3.05) is 11.9 Å². The quantitative estimate of drug-likeness (QED) is 0.655. The maximum atomic E-state index is 12.4. The number of nitrogens with one attached hydrogen (secondary N) is 1. The Balaban J connectivity index is 2.02. The summed E-state index contributed by atoms with van der Waals surface area (Å²) < 4.78 is 5.13. The highest BCUT2D eigenvalue weighted by atomic mass is 35.5. The number of amides is 1. The molecule has 0 atom stereocenters. The van der Waals surface area contributed by atoms with Gasteiger partial charge in [0.15, 0.2) is 6.61 Å². The summed E-state index contributed by atoms with van der Waals surface area (Å²) >= 11 is 6.05. The van der Waals surface area contributed by atoms with E-state index in [4.69, 9.17) is 16.3 Å². The van der Waals surface area contributed by atoms with Crippen molar-refractivity contribution in [3.8, 4) is 0 Å². The number of anilines is 1. The van der Waals surface area contributed by atoms with Crippen LogP contribution in [0.25, 0.3) is 0 Å². The number of benzene rings is 2. The SMILES string of the molecule is CC(C)c1cccc(C(C)C)c1NC(=O)COC(=O)Cc1ccccc1Cl. The van der Waals surface area contributed by atoms with Crippen LogP contribution in [-0.2, 0) is 20.7 Å². The fraction of sp³-hybridized carbons (Fsp3) is 0.364. The maximum absolute atomic E-state index is 12.4. The number of para-hydroxylation sites is 1. The maximum Gasteiger partial charge on any atom is 0.310 e. The lowest BCUT2D eigenvalue weighted by atomic mass is 9.92. The minimum absolute atomic E-state index is 0.0345. The van der Waals surface area contributed by atoms with Crippen LogP contribution in [0.1, 0.15) is 56.2 Å². The molecule has 0 heterocycles. The van der Waals surface area contributed by atoms with Gasteiger partial charge >= 0.3 is 5.97 Å². The van der Waals surface area contributed by atoms with Gasteiger partial charge in [0, 0.05) is 10.7 Å². The zero-order chi connectivity index (χ0) is 20.0. The van der Waals surface area contributed by atoms with Gasteiger partial charge in [0.1, 0.15) is 0 Å². The largest absolute Gasteiger partial charge is 0.455 e. The van der Waals surface area contributed by atoms with Crippen LogP contribution in [0.3, 0.4) is 0 Å². The Morgan fingerprint density at radius 2 is 1.56 bits per heavy atom. The molecule has 0 aliphatic rings. The fourth-order valence-electron chi connectivity index (χ4n) is 2.87. The van der Waals surface area contributed by atoms with E-state index in [0.29, 0.717) is 10.6 Å². The van der Waals surface area contributed by atoms with E-state index in [1.54, 1.807) is 24.3 Å². The van der Waals surface area contributed by atoms with Gasteiger partial charge in [-0.3, -0.25) is 9.59 Å². The van der Waals surface area contributed by atoms with Gasteiger partial charge < -0.3 is 10.1 Å². The van der Waals surface area contributed by atoms with E-state index in [1.807, 2.05) is 18.2 Å². The molecule has 2 aromatic rings. The molecule has 0 bridgehead atoms. The molecule has 0 unspecified atom stereocenters. The lowest BCUT2D eigenvalue weighted by Gasteiger charge is -2.20. The summed E-state index contributed by atoms with van der Waals surface area (Å²) in [6.45, 7) is 8.00. The minimum Gasteiger partial charge on any atom is -0.455 e. The highest BCUT2D eigenvalue weighted by molar-refractivity contribution is 6.31. The van der Waals surface area contributed by atoms with E-state index in [9.17, 15) is 9.59 Å². The second kappa shape index (κ2) is 9.56. The summed E-state index contributed by atoms with van der Waals surface area (Å²) in [5.41, 5.74) is 3.63. The minimum atomic E-state index is -0.487. The van der Waals surface area contributed by atoms with Gasteiger partial charge in [0.05, 0.1) is 6.42 Å². The summed E-state index contributed by atoms with van der Waals surface area (Å²) in [5.74, 6) is -0.305. The van der Waals surface area contributed by atoms with Crippen LogP contribution in [0.5, 0.6) is 0 Å². The number of hydrogen-bond acceptors (Lipinski definition) is 3. The van der Waals surface area contributed by atoms with Crippen molar-refractivity contribution < 1.29 is 14.3 Å². The Morgan fingerprint density at radius 3 is 2.11 bits per heavy atom. The van der Waals surface area contributed by atoms with Crippen LogP contribution in [0.15, 0.2) is 42.5 Å². The Bertz CT molecular complexity index is 789. The van der Waals surface area contributed by atoms with Crippen molar-refractivity contribution in [2.24, 2.45) is 0 Å². The van der Waals surface area contributed by atoms with Gasteiger partial charge in [0.25, 0.3) is 5.91 Å². The van der Waals surface area contributed by atoms with E-state index in [0.717, 1.165) is 16.8 Å². The van der Waals surface area contributed by atoms with Crippen molar-refractivity contribution >= 4 is 29.2 Å². The molecule has 0 aliphatic heterocycles. The number of hydrogen-bond donors (Lipinski definition) is 1. The topological polar surface area (TPSA) is 55.4 Å². The molecule has 2 rings (SSSR count). The number of halogens is 1. The molecule has 5 heteroatoms. The second-order valence-electron chi connectivity index (χ2n) is 7.10. The van der Waals surface area contributed by atoms with Gasteiger partial charge in [-0.1, -0.05) is 75.7 Å². The zero-order valence-corrected chi connectivity index (χ0v) is 17.0. The van der Waals surface area contributed by atoms with Gasteiger partial charge in [-0.05, 0) is 34.6 Å². The third-order valence-electron chi connectivity index (χ3n) is 4.29. The first kappa shape index (κ1) is 21.0. The molecule has 2 aromatic carbocycles. The van der Waals surface area contributed by atoms with Crippen LogP contribution in [-0.4, -0.2) is 18.5 Å². The highest BCUT2D eigenvalue weighted by Gasteiger charge is 2.17. The molecule has 1 N–H and O–H groups in total. The van der Waals surface area contributed by atoms with Crippen LogP contribution in [0, 0.1) is 0 Å². The van der Waals surface area contributed by atoms with E-state index >= 15 is 0 Å². The Kier molecular flexibility index (Phi) is 7.43. The molecule has 27 heavy (non-hydrogen) atoms. The molecule has 0 aliphatic carbocycles. The molecule has 0 saturated heterocycles. The summed E-state index contributed by atoms with van der Waals surface area (Å²) in [7, 11) is 0. The average Bonchev–Trinajstić information content (AvgIpc) is 2.61. The van der Waals surface area contributed by atoms with Crippen molar-refractivity contribution in [2.45, 2.75) is 46.0 Å². The van der Waals surface area contributed by atoms with Crippen molar-refractivity contribution in [3.63, 3.8) is 0 Å². The molecular formula is C22H26ClNO3. The van der Waals surface area contributed by atoms with Crippen molar-refractivity contribution in [3.05, 3.63) is 64.2 Å². The van der Waals surface area contributed by atoms with Gasteiger partial charge in [-0.2, -0.15) is 0 Å².